The standard InChI is InChI=1S/C23H21Cl2NO5.H2O/c1-29-20-8-7-16(9-22(20)30-2)21(10-17-18(24)11-26-12-19(17)25)31-23(28)15-5-3-14(13-27)4-6-15;/h3-9,11-12,21,27H,10,13H2,1-2H3;1H2/t21-;/m0./s1. The van der Waals surface area contributed by atoms with Crippen molar-refractivity contribution in [1.82, 2.24) is 0 Å². The Morgan fingerprint density at radius 1 is 1.00 bits per heavy atom. The minimum atomic E-state index is -0.692. The Labute approximate surface area is 195 Å². The van der Waals surface area contributed by atoms with E-state index in [0.717, 1.165) is 0 Å². The molecule has 3 aromatic rings. The van der Waals surface area contributed by atoms with E-state index in [1.165, 1.54) is 7.11 Å². The van der Waals surface area contributed by atoms with E-state index in [-0.39, 0.29) is 18.5 Å². The molecule has 0 spiro atoms. The molecule has 1 heterocycles. The van der Waals surface area contributed by atoms with Crippen LogP contribution in [-0.2, 0) is 17.8 Å². The lowest BCUT2D eigenvalue weighted by Gasteiger charge is -2.20. The van der Waals surface area contributed by atoms with E-state index < -0.39 is 12.1 Å². The summed E-state index contributed by atoms with van der Waals surface area (Å²) in [7, 11) is 3.08. The van der Waals surface area contributed by atoms with E-state index in [1.54, 1.807) is 62.0 Å². The Balaban J connectivity index is 0.00000363. The first-order valence-corrected chi connectivity index (χ1v) is 10.2. The van der Waals surface area contributed by atoms with Gasteiger partial charge in [0.25, 0.3) is 0 Å². The molecule has 170 valence electrons. The molecule has 0 amide bonds. The van der Waals surface area contributed by atoms with Gasteiger partial charge in [0.15, 0.2) is 23.9 Å². The Bertz CT molecular complexity index is 1040. The summed E-state index contributed by atoms with van der Waals surface area (Å²) in [6, 6.07) is 11.8. The van der Waals surface area contributed by atoms with Crippen molar-refractivity contribution < 1.29 is 34.6 Å². The third-order valence-electron chi connectivity index (χ3n) is 4.79. The summed E-state index contributed by atoms with van der Waals surface area (Å²) >= 11 is 12.7. The number of benzene rings is 2. The molecule has 1 atom stereocenters. The van der Waals surface area contributed by atoms with Crippen molar-refractivity contribution in [3.8, 4) is 11.5 Å². The van der Waals surface area contributed by atoms with Crippen molar-refractivity contribution in [3.05, 3.63) is 87.2 Å². The number of carbonyl (C=O) groups excluding carboxylic acids is 1. The third-order valence-corrected chi connectivity index (χ3v) is 5.46. The number of aliphatic hydroxyl groups is 1. The van der Waals surface area contributed by atoms with E-state index in [0.29, 0.717) is 43.8 Å². The van der Waals surface area contributed by atoms with Gasteiger partial charge in [-0.3, -0.25) is 0 Å². The molecule has 0 bridgehead atoms. The smallest absolute Gasteiger partial charge is 0.338 e. The SMILES string of the molecule is COc1ccc([C@H](Cc2c(Cl)c[nH+]cc2Cl)OC(=O)c2ccc(CO)cc2)cc1OC.[OH-]. The lowest BCUT2D eigenvalue weighted by atomic mass is 10.0. The van der Waals surface area contributed by atoms with Crippen LogP contribution in [0.5, 0.6) is 11.5 Å². The van der Waals surface area contributed by atoms with E-state index >= 15 is 0 Å². The van der Waals surface area contributed by atoms with Crippen LogP contribution in [0.25, 0.3) is 0 Å². The van der Waals surface area contributed by atoms with Crippen molar-refractivity contribution in [1.29, 1.82) is 0 Å². The van der Waals surface area contributed by atoms with Gasteiger partial charge in [0.2, 0.25) is 0 Å². The number of aliphatic hydroxyl groups excluding tert-OH is 1. The molecule has 2 aromatic carbocycles. The molecule has 0 radical (unpaired) electrons. The second-order valence-electron chi connectivity index (χ2n) is 6.70. The van der Waals surface area contributed by atoms with E-state index in [1.807, 2.05) is 0 Å². The van der Waals surface area contributed by atoms with Crippen LogP contribution in [-0.4, -0.2) is 30.8 Å². The molecule has 3 N–H and O–H groups in total. The van der Waals surface area contributed by atoms with Crippen molar-refractivity contribution >= 4 is 29.2 Å². The quantitative estimate of drug-likeness (QED) is 0.482. The van der Waals surface area contributed by atoms with Gasteiger partial charge in [0.05, 0.1) is 26.4 Å². The highest BCUT2D eigenvalue weighted by Gasteiger charge is 2.24. The number of halogens is 2. The number of esters is 1. The topological polar surface area (TPSA) is 109 Å². The number of aromatic nitrogens is 1. The molecule has 32 heavy (non-hydrogen) atoms. The van der Waals surface area contributed by atoms with Crippen LogP contribution in [0.15, 0.2) is 54.9 Å². The lowest BCUT2D eigenvalue weighted by Crippen LogP contribution is -2.15. The average Bonchev–Trinajstić information content (AvgIpc) is 2.80. The van der Waals surface area contributed by atoms with Crippen molar-refractivity contribution in [2.75, 3.05) is 14.2 Å². The fourth-order valence-corrected chi connectivity index (χ4v) is 3.61. The second kappa shape index (κ2) is 11.7. The fourth-order valence-electron chi connectivity index (χ4n) is 3.08. The summed E-state index contributed by atoms with van der Waals surface area (Å²) < 4.78 is 16.6. The molecular formula is C23H23Cl2NO6. The average molecular weight is 480 g/mol. The first-order chi connectivity index (χ1) is 15.0. The van der Waals surface area contributed by atoms with Gasteiger partial charge in [-0.05, 0) is 35.4 Å². The Morgan fingerprint density at radius 2 is 1.62 bits per heavy atom. The highest BCUT2D eigenvalue weighted by Crippen LogP contribution is 2.35. The maximum atomic E-state index is 12.9. The van der Waals surface area contributed by atoms with Crippen LogP contribution in [0.2, 0.25) is 10.0 Å². The Kier molecular flexibility index (Phi) is 9.28. The van der Waals surface area contributed by atoms with Gasteiger partial charge in [-0.2, -0.15) is 0 Å². The van der Waals surface area contributed by atoms with Crippen molar-refractivity contribution in [2.45, 2.75) is 19.1 Å². The zero-order chi connectivity index (χ0) is 22.4. The van der Waals surface area contributed by atoms with Crippen molar-refractivity contribution in [3.63, 3.8) is 0 Å². The molecule has 7 nitrogen and oxygen atoms in total. The number of aromatic amines is 1. The predicted molar refractivity (Wildman–Crippen MR) is 119 cm³/mol. The van der Waals surface area contributed by atoms with Crippen LogP contribution in [0.1, 0.15) is 33.2 Å². The van der Waals surface area contributed by atoms with E-state index in [9.17, 15) is 9.90 Å². The van der Waals surface area contributed by atoms with Crippen LogP contribution in [0.4, 0.5) is 0 Å². The van der Waals surface area contributed by atoms with Gasteiger partial charge in [0, 0.05) is 12.0 Å². The van der Waals surface area contributed by atoms with E-state index in [4.69, 9.17) is 37.4 Å². The first-order valence-electron chi connectivity index (χ1n) is 9.43. The molecule has 0 aliphatic heterocycles. The van der Waals surface area contributed by atoms with Gasteiger partial charge in [-0.1, -0.05) is 41.4 Å². The summed E-state index contributed by atoms with van der Waals surface area (Å²) in [4.78, 5) is 15.7. The van der Waals surface area contributed by atoms with Crippen LogP contribution < -0.4 is 14.5 Å². The summed E-state index contributed by atoms with van der Waals surface area (Å²) in [5.41, 5.74) is 2.40. The second-order valence-corrected chi connectivity index (χ2v) is 7.51. The molecule has 0 saturated heterocycles. The molecule has 9 heteroatoms. The van der Waals surface area contributed by atoms with Gasteiger partial charge in [-0.15, -0.1) is 0 Å². The third kappa shape index (κ3) is 5.89. The number of H-pyrrole nitrogens is 1. The van der Waals surface area contributed by atoms with Gasteiger partial charge in [-0.25, -0.2) is 9.78 Å². The highest BCUT2D eigenvalue weighted by atomic mass is 35.5. The Hall–Kier alpha value is -2.84. The molecule has 3 rings (SSSR count). The molecular weight excluding hydrogens is 457 g/mol. The number of methoxy groups -OCH3 is 2. The normalized spacial score (nSPS) is 11.3. The lowest BCUT2D eigenvalue weighted by molar-refractivity contribution is -0.377. The number of hydrogen-bond donors (Lipinski definition) is 1. The van der Waals surface area contributed by atoms with Gasteiger partial charge < -0.3 is 24.8 Å². The Morgan fingerprint density at radius 3 is 2.19 bits per heavy atom. The van der Waals surface area contributed by atoms with Crippen LogP contribution >= 0.6 is 23.2 Å². The minimum absolute atomic E-state index is 0. The molecule has 1 aromatic heterocycles. The zero-order valence-corrected chi connectivity index (χ0v) is 19.0. The summed E-state index contributed by atoms with van der Waals surface area (Å²) in [5, 5.41) is 10.1. The summed E-state index contributed by atoms with van der Waals surface area (Å²) in [6.45, 7) is -0.106. The molecule has 0 saturated carbocycles. The van der Waals surface area contributed by atoms with Crippen LogP contribution in [0.3, 0.4) is 0 Å². The monoisotopic (exact) mass is 479 g/mol. The molecule has 0 fully saturated rings. The first kappa shape index (κ1) is 25.4. The number of nitrogens with one attached hydrogen (secondary N) is 1. The predicted octanol–water partition coefficient (Wildman–Crippen LogP) is 4.28. The van der Waals surface area contributed by atoms with E-state index in [2.05, 4.69) is 4.98 Å². The zero-order valence-electron chi connectivity index (χ0n) is 17.5. The molecule has 0 aliphatic carbocycles. The molecule has 0 unspecified atom stereocenters. The summed E-state index contributed by atoms with van der Waals surface area (Å²) in [5.74, 6) is 0.548. The van der Waals surface area contributed by atoms with Crippen molar-refractivity contribution in [2.24, 2.45) is 0 Å². The largest absolute Gasteiger partial charge is 0.870 e. The minimum Gasteiger partial charge on any atom is -0.870 e. The van der Waals surface area contributed by atoms with Crippen LogP contribution in [0, 0.1) is 0 Å². The maximum absolute atomic E-state index is 12.9. The number of rotatable bonds is 8. The maximum Gasteiger partial charge on any atom is 0.338 e. The van der Waals surface area contributed by atoms with Gasteiger partial charge >= 0.3 is 5.97 Å². The number of hydrogen-bond acceptors (Lipinski definition) is 6. The number of carbonyl (C=O) groups is 1. The summed E-state index contributed by atoms with van der Waals surface area (Å²) in [6.07, 6.45) is 2.79. The number of ether oxygens (including phenoxy) is 3. The van der Waals surface area contributed by atoms with Gasteiger partial charge in [0.1, 0.15) is 16.1 Å². The number of pyridine rings is 1. The molecule has 0 aliphatic rings. The highest BCUT2D eigenvalue weighted by molar-refractivity contribution is 6.35. The fraction of sp³-hybridized carbons (Fsp3) is 0.217.